The molecule has 3 aromatic carbocycles. The fraction of sp³-hybridized carbons (Fsp3) is 0. The van der Waals surface area contributed by atoms with Crippen LogP contribution in [0.1, 0.15) is 0 Å². The maximum absolute atomic E-state index is 4.71. The molecular formula is C21H16N2. The lowest BCUT2D eigenvalue weighted by atomic mass is 10.0. The van der Waals surface area contributed by atoms with E-state index in [4.69, 9.17) is 4.98 Å². The van der Waals surface area contributed by atoms with Crippen molar-refractivity contribution in [3.8, 4) is 11.3 Å². The summed E-state index contributed by atoms with van der Waals surface area (Å²) in [5.41, 5.74) is 4.23. The first-order chi connectivity index (χ1) is 11.4. The Kier molecular flexibility index (Phi) is 3.49. The summed E-state index contributed by atoms with van der Waals surface area (Å²) in [6, 6.07) is 28.9. The number of pyridine rings is 1. The van der Waals surface area contributed by atoms with Crippen LogP contribution in [0.4, 0.5) is 11.4 Å². The molecule has 0 amide bonds. The van der Waals surface area contributed by atoms with Gasteiger partial charge in [-0.05, 0) is 12.1 Å². The van der Waals surface area contributed by atoms with E-state index in [9.17, 15) is 0 Å². The largest absolute Gasteiger partial charge is 0.354 e. The van der Waals surface area contributed by atoms with Crippen molar-refractivity contribution in [1.82, 2.24) is 4.98 Å². The van der Waals surface area contributed by atoms with E-state index in [1.54, 1.807) is 0 Å². The standard InChI is InChI=1S/C21H16N2/c1-3-9-16(10-4-1)21-19-14-8-7-13-18(19)20(15-22-21)23-17-11-5-2-6-12-17/h1-15,23H. The van der Waals surface area contributed by atoms with E-state index >= 15 is 0 Å². The van der Waals surface area contributed by atoms with Gasteiger partial charge in [-0.2, -0.15) is 0 Å². The number of aromatic nitrogens is 1. The highest BCUT2D eigenvalue weighted by Crippen LogP contribution is 2.32. The topological polar surface area (TPSA) is 24.9 Å². The molecule has 2 heteroatoms. The summed E-state index contributed by atoms with van der Waals surface area (Å²) < 4.78 is 0. The van der Waals surface area contributed by atoms with Crippen molar-refractivity contribution in [2.24, 2.45) is 0 Å². The predicted octanol–water partition coefficient (Wildman–Crippen LogP) is 5.65. The first-order valence-corrected chi connectivity index (χ1v) is 7.67. The molecule has 23 heavy (non-hydrogen) atoms. The second-order valence-electron chi connectivity index (χ2n) is 5.42. The average molecular weight is 296 g/mol. The summed E-state index contributed by atoms with van der Waals surface area (Å²) in [6.07, 6.45) is 1.91. The van der Waals surface area contributed by atoms with Crippen LogP contribution < -0.4 is 5.32 Å². The molecule has 1 N–H and O–H groups in total. The Bertz CT molecular complexity index is 931. The maximum Gasteiger partial charge on any atom is 0.0781 e. The van der Waals surface area contributed by atoms with Crippen molar-refractivity contribution >= 4 is 22.1 Å². The molecule has 110 valence electrons. The predicted molar refractivity (Wildman–Crippen MR) is 96.9 cm³/mol. The van der Waals surface area contributed by atoms with Crippen LogP contribution in [0.5, 0.6) is 0 Å². The lowest BCUT2D eigenvalue weighted by Crippen LogP contribution is -1.94. The molecule has 0 saturated heterocycles. The number of para-hydroxylation sites is 1. The number of rotatable bonds is 3. The van der Waals surface area contributed by atoms with Crippen LogP contribution in [-0.2, 0) is 0 Å². The third-order valence-corrected chi connectivity index (χ3v) is 3.90. The molecule has 0 spiro atoms. The fourth-order valence-electron chi connectivity index (χ4n) is 2.80. The third-order valence-electron chi connectivity index (χ3n) is 3.90. The van der Waals surface area contributed by atoms with Crippen LogP contribution in [0.2, 0.25) is 0 Å². The highest BCUT2D eigenvalue weighted by atomic mass is 14.9. The number of benzene rings is 3. The number of anilines is 2. The van der Waals surface area contributed by atoms with Gasteiger partial charge in [-0.15, -0.1) is 0 Å². The van der Waals surface area contributed by atoms with Crippen LogP contribution in [-0.4, -0.2) is 4.98 Å². The van der Waals surface area contributed by atoms with E-state index in [-0.39, 0.29) is 0 Å². The van der Waals surface area contributed by atoms with Gasteiger partial charge in [0.15, 0.2) is 0 Å². The van der Waals surface area contributed by atoms with Gasteiger partial charge in [0.2, 0.25) is 0 Å². The normalized spacial score (nSPS) is 10.6. The van der Waals surface area contributed by atoms with Gasteiger partial charge in [-0.25, -0.2) is 0 Å². The molecule has 0 aliphatic rings. The van der Waals surface area contributed by atoms with Crippen molar-refractivity contribution < 1.29 is 0 Å². The van der Waals surface area contributed by atoms with Gasteiger partial charge in [0, 0.05) is 22.0 Å². The molecule has 0 saturated carbocycles. The molecule has 0 unspecified atom stereocenters. The first kappa shape index (κ1) is 13.5. The van der Waals surface area contributed by atoms with Crippen molar-refractivity contribution in [3.05, 3.63) is 91.1 Å². The molecule has 0 bridgehead atoms. The van der Waals surface area contributed by atoms with Gasteiger partial charge in [0.25, 0.3) is 0 Å². The molecule has 2 nitrogen and oxygen atoms in total. The number of fused-ring (bicyclic) bond motifs is 1. The summed E-state index contributed by atoms with van der Waals surface area (Å²) in [7, 11) is 0. The minimum atomic E-state index is 1.01. The van der Waals surface area contributed by atoms with Gasteiger partial charge in [-0.1, -0.05) is 72.8 Å². The number of hydrogen-bond donors (Lipinski definition) is 1. The highest BCUT2D eigenvalue weighted by molar-refractivity contribution is 6.02. The SMILES string of the molecule is c1ccc(Nc2cnc(-c3ccccc3)c3ccccc23)cc1. The van der Waals surface area contributed by atoms with Crippen LogP contribution in [0, 0.1) is 0 Å². The van der Waals surface area contributed by atoms with Gasteiger partial charge in [-0.3, -0.25) is 4.98 Å². The zero-order chi connectivity index (χ0) is 15.5. The van der Waals surface area contributed by atoms with Crippen molar-refractivity contribution in [3.63, 3.8) is 0 Å². The van der Waals surface area contributed by atoms with Gasteiger partial charge >= 0.3 is 0 Å². The molecule has 0 radical (unpaired) electrons. The van der Waals surface area contributed by atoms with Crippen LogP contribution >= 0.6 is 0 Å². The second-order valence-corrected chi connectivity index (χ2v) is 5.42. The summed E-state index contributed by atoms with van der Waals surface area (Å²) in [5.74, 6) is 0. The smallest absolute Gasteiger partial charge is 0.0781 e. The lowest BCUT2D eigenvalue weighted by Gasteiger charge is -2.12. The molecule has 4 aromatic rings. The van der Waals surface area contributed by atoms with E-state index in [0.29, 0.717) is 0 Å². The Balaban J connectivity index is 1.86. The van der Waals surface area contributed by atoms with E-state index in [0.717, 1.165) is 28.0 Å². The zero-order valence-corrected chi connectivity index (χ0v) is 12.6. The van der Waals surface area contributed by atoms with E-state index in [2.05, 4.69) is 53.8 Å². The van der Waals surface area contributed by atoms with Crippen LogP contribution in [0.25, 0.3) is 22.0 Å². The number of hydrogen-bond acceptors (Lipinski definition) is 2. The first-order valence-electron chi connectivity index (χ1n) is 7.67. The van der Waals surface area contributed by atoms with Gasteiger partial charge < -0.3 is 5.32 Å². The Morgan fingerprint density at radius 1 is 0.609 bits per heavy atom. The Labute approximate surface area is 135 Å². The van der Waals surface area contributed by atoms with Crippen LogP contribution in [0.3, 0.4) is 0 Å². The number of nitrogens with one attached hydrogen (secondary N) is 1. The van der Waals surface area contributed by atoms with E-state index < -0.39 is 0 Å². The second kappa shape index (κ2) is 5.93. The summed E-state index contributed by atoms with van der Waals surface area (Å²) in [5, 5.41) is 5.79. The zero-order valence-electron chi connectivity index (χ0n) is 12.6. The lowest BCUT2D eigenvalue weighted by molar-refractivity contribution is 1.35. The van der Waals surface area contributed by atoms with Crippen molar-refractivity contribution in [2.75, 3.05) is 5.32 Å². The molecular weight excluding hydrogens is 280 g/mol. The molecule has 0 aliphatic carbocycles. The Morgan fingerprint density at radius 3 is 1.96 bits per heavy atom. The monoisotopic (exact) mass is 296 g/mol. The summed E-state index contributed by atoms with van der Waals surface area (Å²) in [6.45, 7) is 0. The third kappa shape index (κ3) is 2.67. The minimum absolute atomic E-state index is 1.01. The summed E-state index contributed by atoms with van der Waals surface area (Å²) >= 11 is 0. The molecule has 0 atom stereocenters. The molecule has 1 aromatic heterocycles. The van der Waals surface area contributed by atoms with Gasteiger partial charge in [0.05, 0.1) is 17.6 Å². The van der Waals surface area contributed by atoms with Crippen molar-refractivity contribution in [1.29, 1.82) is 0 Å². The van der Waals surface area contributed by atoms with Gasteiger partial charge in [0.1, 0.15) is 0 Å². The van der Waals surface area contributed by atoms with Crippen molar-refractivity contribution in [2.45, 2.75) is 0 Å². The molecule has 0 aliphatic heterocycles. The summed E-state index contributed by atoms with van der Waals surface area (Å²) in [4.78, 5) is 4.71. The maximum atomic E-state index is 4.71. The Hall–Kier alpha value is -3.13. The minimum Gasteiger partial charge on any atom is -0.354 e. The average Bonchev–Trinajstić information content (AvgIpc) is 2.64. The molecule has 4 rings (SSSR count). The molecule has 1 heterocycles. The van der Waals surface area contributed by atoms with Crippen LogP contribution in [0.15, 0.2) is 91.1 Å². The highest BCUT2D eigenvalue weighted by Gasteiger charge is 2.08. The van der Waals surface area contributed by atoms with E-state index in [1.807, 2.05) is 42.6 Å². The fourth-order valence-corrected chi connectivity index (χ4v) is 2.80. The quantitative estimate of drug-likeness (QED) is 0.528. The van der Waals surface area contributed by atoms with E-state index in [1.165, 1.54) is 5.39 Å². The number of nitrogens with zero attached hydrogens (tertiary/aromatic N) is 1. The molecule has 0 fully saturated rings. The Morgan fingerprint density at radius 2 is 1.22 bits per heavy atom.